The van der Waals surface area contributed by atoms with E-state index in [1.165, 1.54) is 22.3 Å². The van der Waals surface area contributed by atoms with Crippen molar-refractivity contribution in [2.24, 2.45) is 0 Å². The van der Waals surface area contributed by atoms with Crippen molar-refractivity contribution in [3.63, 3.8) is 0 Å². The molecule has 45 heavy (non-hydrogen) atoms. The third-order valence-corrected chi connectivity index (χ3v) is 8.03. The molecule has 2 aliphatic heterocycles. The fourth-order valence-electron chi connectivity index (χ4n) is 5.38. The van der Waals surface area contributed by atoms with Crippen molar-refractivity contribution in [1.29, 1.82) is 0 Å². The largest absolute Gasteiger partial charge is 0.371 e. The summed E-state index contributed by atoms with van der Waals surface area (Å²) in [7, 11) is 0. The van der Waals surface area contributed by atoms with Crippen molar-refractivity contribution in [2.45, 2.75) is 59.2 Å². The summed E-state index contributed by atoms with van der Waals surface area (Å²) in [6, 6.07) is 16.5. The van der Waals surface area contributed by atoms with Gasteiger partial charge in [0.25, 0.3) is 0 Å². The van der Waals surface area contributed by atoms with Gasteiger partial charge in [0.15, 0.2) is 0 Å². The molecule has 0 saturated carbocycles. The molecule has 0 bridgehead atoms. The summed E-state index contributed by atoms with van der Waals surface area (Å²) < 4.78 is 11.5. The van der Waals surface area contributed by atoms with Gasteiger partial charge in [0.2, 0.25) is 11.9 Å². The Hall–Kier alpha value is -3.96. The lowest BCUT2D eigenvalue weighted by Crippen LogP contribution is -2.33. The van der Waals surface area contributed by atoms with Gasteiger partial charge in [-0.15, -0.1) is 0 Å². The molecular weight excluding hydrogens is 564 g/mol. The Labute approximate surface area is 266 Å². The van der Waals surface area contributed by atoms with Gasteiger partial charge in [-0.1, -0.05) is 45.0 Å². The smallest absolute Gasteiger partial charge is 0.227 e. The van der Waals surface area contributed by atoms with Crippen LogP contribution in [0.25, 0.3) is 0 Å². The minimum atomic E-state index is 0.140. The number of aryl methyl sites for hydroxylation is 3. The highest BCUT2D eigenvalue weighted by atomic mass is 16.5. The van der Waals surface area contributed by atoms with Gasteiger partial charge in [0.1, 0.15) is 0 Å². The van der Waals surface area contributed by atoms with E-state index in [-0.39, 0.29) is 12.2 Å². The van der Waals surface area contributed by atoms with E-state index in [0.29, 0.717) is 17.8 Å². The van der Waals surface area contributed by atoms with Gasteiger partial charge in [-0.3, -0.25) is 0 Å². The van der Waals surface area contributed by atoms with Crippen LogP contribution in [-0.2, 0) is 15.9 Å². The fraction of sp³-hybridized carbons (Fsp3) is 0.429. The van der Waals surface area contributed by atoms with Gasteiger partial charge in [0, 0.05) is 61.3 Å². The molecule has 0 unspecified atom stereocenters. The number of benzene rings is 2. The SMILES string of the molecule is CCc1cnc(Nc2ccc([C@H]3CNCCO3)cc2)nc1C.Cc1nc(Nc2ccc([C@H]3CNCCO3)cc2)ncc1C(C)C. The summed E-state index contributed by atoms with van der Waals surface area (Å²) in [6.07, 6.45) is 5.04. The number of morpholine rings is 2. The minimum absolute atomic E-state index is 0.140. The molecule has 0 radical (unpaired) electrons. The van der Waals surface area contributed by atoms with E-state index >= 15 is 0 Å². The van der Waals surface area contributed by atoms with E-state index in [2.05, 4.69) is 86.2 Å². The topological polar surface area (TPSA) is 118 Å². The van der Waals surface area contributed by atoms with Crippen molar-refractivity contribution >= 4 is 23.3 Å². The summed E-state index contributed by atoms with van der Waals surface area (Å²) in [6.45, 7) is 15.6. The molecule has 0 aliphatic carbocycles. The first-order chi connectivity index (χ1) is 21.9. The maximum absolute atomic E-state index is 5.77. The normalized spacial score (nSPS) is 18.2. The van der Waals surface area contributed by atoms with Crippen LogP contribution in [0.2, 0.25) is 0 Å². The first-order valence-electron chi connectivity index (χ1n) is 15.9. The molecule has 4 heterocycles. The maximum atomic E-state index is 5.77. The van der Waals surface area contributed by atoms with Crippen LogP contribution < -0.4 is 21.3 Å². The number of anilines is 4. The zero-order chi connectivity index (χ0) is 31.6. The lowest BCUT2D eigenvalue weighted by atomic mass is 10.0. The summed E-state index contributed by atoms with van der Waals surface area (Å²) in [5.41, 5.74) is 8.77. The zero-order valence-electron chi connectivity index (χ0n) is 27.1. The molecule has 4 aromatic rings. The van der Waals surface area contributed by atoms with Crippen molar-refractivity contribution in [3.8, 4) is 0 Å². The molecule has 2 fully saturated rings. The van der Waals surface area contributed by atoms with E-state index in [0.717, 1.165) is 68.6 Å². The highest BCUT2D eigenvalue weighted by Gasteiger charge is 2.16. The molecule has 2 aliphatic rings. The Balaban J connectivity index is 0.000000178. The molecule has 0 amide bonds. The fourth-order valence-corrected chi connectivity index (χ4v) is 5.38. The zero-order valence-corrected chi connectivity index (χ0v) is 27.1. The molecular formula is C35H46N8O2. The van der Waals surface area contributed by atoms with Gasteiger partial charge < -0.3 is 30.7 Å². The Bertz CT molecular complexity index is 1500. The van der Waals surface area contributed by atoms with Crippen LogP contribution in [0.15, 0.2) is 60.9 Å². The molecule has 238 valence electrons. The standard InChI is InChI=1S/C18H24N4O.C17H22N4O/c1-12(2)16-10-20-18(21-13(16)3)22-15-6-4-14(5-7-15)17-11-19-8-9-23-17;1-3-13-10-19-17(20-12(13)2)21-15-6-4-14(5-7-15)16-11-18-8-9-22-16/h4-7,10,12,17,19H,8-9,11H2,1-3H3,(H,20,21,22);4-7,10,16,18H,3,8-9,11H2,1-2H3,(H,19,20,21)/t17-;16-/m11/s1. The molecule has 10 heteroatoms. The van der Waals surface area contributed by atoms with Crippen LogP contribution in [0.4, 0.5) is 23.3 Å². The van der Waals surface area contributed by atoms with E-state index in [1.54, 1.807) is 0 Å². The quantitative estimate of drug-likeness (QED) is 0.187. The van der Waals surface area contributed by atoms with Gasteiger partial charge >= 0.3 is 0 Å². The van der Waals surface area contributed by atoms with Crippen LogP contribution in [0.5, 0.6) is 0 Å². The second-order valence-corrected chi connectivity index (χ2v) is 11.7. The predicted molar refractivity (Wildman–Crippen MR) is 180 cm³/mol. The van der Waals surface area contributed by atoms with Crippen molar-refractivity contribution in [2.75, 3.05) is 50.0 Å². The van der Waals surface area contributed by atoms with Crippen LogP contribution in [-0.4, -0.2) is 59.3 Å². The van der Waals surface area contributed by atoms with Gasteiger partial charge in [0.05, 0.1) is 25.4 Å². The van der Waals surface area contributed by atoms with Gasteiger partial charge in [-0.05, 0) is 72.7 Å². The summed E-state index contributed by atoms with van der Waals surface area (Å²) in [4.78, 5) is 17.8. The van der Waals surface area contributed by atoms with Crippen molar-refractivity contribution in [1.82, 2.24) is 30.6 Å². The monoisotopic (exact) mass is 610 g/mol. The van der Waals surface area contributed by atoms with Gasteiger partial charge in [-0.25, -0.2) is 19.9 Å². The van der Waals surface area contributed by atoms with E-state index in [1.807, 2.05) is 50.5 Å². The van der Waals surface area contributed by atoms with Crippen molar-refractivity contribution < 1.29 is 9.47 Å². The number of nitrogens with zero attached hydrogens (tertiary/aromatic N) is 4. The number of hydrogen-bond acceptors (Lipinski definition) is 10. The van der Waals surface area contributed by atoms with Crippen LogP contribution >= 0.6 is 0 Å². The number of hydrogen-bond donors (Lipinski definition) is 4. The van der Waals surface area contributed by atoms with Crippen LogP contribution in [0, 0.1) is 13.8 Å². The molecule has 6 rings (SSSR count). The number of rotatable bonds is 8. The summed E-state index contributed by atoms with van der Waals surface area (Å²) >= 11 is 0. The molecule has 2 aromatic heterocycles. The van der Waals surface area contributed by atoms with Crippen molar-refractivity contribution in [3.05, 3.63) is 94.6 Å². The second kappa shape index (κ2) is 15.9. The maximum Gasteiger partial charge on any atom is 0.227 e. The molecule has 2 aromatic carbocycles. The Kier molecular flexibility index (Phi) is 11.4. The highest BCUT2D eigenvalue weighted by Crippen LogP contribution is 2.24. The molecule has 2 atom stereocenters. The van der Waals surface area contributed by atoms with E-state index in [4.69, 9.17) is 9.47 Å². The molecule has 4 N–H and O–H groups in total. The number of aromatic nitrogens is 4. The highest BCUT2D eigenvalue weighted by molar-refractivity contribution is 5.55. The number of ether oxygens (including phenoxy) is 2. The first-order valence-corrected chi connectivity index (χ1v) is 15.9. The average Bonchev–Trinajstić information content (AvgIpc) is 3.07. The molecule has 2 saturated heterocycles. The number of nitrogens with one attached hydrogen (secondary N) is 4. The lowest BCUT2D eigenvalue weighted by Gasteiger charge is -2.24. The van der Waals surface area contributed by atoms with Crippen LogP contribution in [0.3, 0.4) is 0 Å². The summed E-state index contributed by atoms with van der Waals surface area (Å²) in [5, 5.41) is 13.2. The summed E-state index contributed by atoms with van der Waals surface area (Å²) in [5.74, 6) is 1.71. The Morgan fingerprint density at radius 3 is 1.62 bits per heavy atom. The van der Waals surface area contributed by atoms with E-state index in [9.17, 15) is 0 Å². The lowest BCUT2D eigenvalue weighted by molar-refractivity contribution is 0.0276. The van der Waals surface area contributed by atoms with Gasteiger partial charge in [-0.2, -0.15) is 0 Å². The van der Waals surface area contributed by atoms with Crippen LogP contribution in [0.1, 0.15) is 72.5 Å². The Morgan fingerprint density at radius 1 is 0.733 bits per heavy atom. The third kappa shape index (κ3) is 9.04. The first kappa shape index (κ1) is 32.4. The third-order valence-electron chi connectivity index (χ3n) is 8.03. The average molecular weight is 611 g/mol. The predicted octanol–water partition coefficient (Wildman–Crippen LogP) is 6.06. The second-order valence-electron chi connectivity index (χ2n) is 11.7. The minimum Gasteiger partial charge on any atom is -0.371 e. The molecule has 10 nitrogen and oxygen atoms in total. The van der Waals surface area contributed by atoms with E-state index < -0.39 is 0 Å². The molecule has 0 spiro atoms. The Morgan fingerprint density at radius 2 is 1.22 bits per heavy atom.